The highest BCUT2D eigenvalue weighted by Crippen LogP contribution is 2.12. The van der Waals surface area contributed by atoms with Crippen LogP contribution in [0.4, 0.5) is 0 Å². The maximum atomic E-state index is 12.0. The normalized spacial score (nSPS) is 10.3. The number of hydrogen-bond acceptors (Lipinski definition) is 14. The molecule has 0 aliphatic carbocycles. The van der Waals surface area contributed by atoms with Gasteiger partial charge < -0.3 is 36.9 Å². The number of carbonyl (C=O) groups excluding carboxylic acids is 6. The van der Waals surface area contributed by atoms with Crippen LogP contribution in [-0.2, 0) is 23.7 Å². The summed E-state index contributed by atoms with van der Waals surface area (Å²) >= 11 is 0. The van der Waals surface area contributed by atoms with E-state index in [0.717, 1.165) is 7.11 Å². The van der Waals surface area contributed by atoms with Gasteiger partial charge in [0.05, 0.1) is 7.11 Å². The van der Waals surface area contributed by atoms with Gasteiger partial charge in [-0.2, -0.15) is 0 Å². The van der Waals surface area contributed by atoms with Crippen LogP contribution in [0, 0.1) is 0 Å². The summed E-state index contributed by atoms with van der Waals surface area (Å²) in [6.07, 6.45) is 0.424. The number of methoxy groups -OCH3 is 1. The maximum absolute atomic E-state index is 12.0. The monoisotopic (exact) mass is 518 g/mol. The lowest BCUT2D eigenvalue weighted by Gasteiger charge is -2.05. The number of ether oxygens (including phenoxy) is 5. The van der Waals surface area contributed by atoms with Crippen LogP contribution < -0.4 is 0 Å². The number of hydrogen-bond donors (Lipinski definition) is 0. The first-order valence-corrected chi connectivity index (χ1v) is 10.3. The molecule has 0 unspecified atom stereocenters. The van der Waals surface area contributed by atoms with Crippen molar-refractivity contribution in [1.82, 2.24) is 0 Å². The molecule has 0 spiro atoms. The molecule has 0 saturated carbocycles. The van der Waals surface area contributed by atoms with Gasteiger partial charge in [-0.15, -0.1) is 0 Å². The summed E-state index contributed by atoms with van der Waals surface area (Å²) < 4.78 is 38.9. The van der Waals surface area contributed by atoms with Crippen molar-refractivity contribution in [2.45, 2.75) is 0 Å². The molecule has 0 N–H and O–H groups in total. The highest BCUT2D eigenvalue weighted by molar-refractivity contribution is 5.92. The minimum atomic E-state index is -0.942. The lowest BCUT2D eigenvalue weighted by Crippen LogP contribution is -2.14. The van der Waals surface area contributed by atoms with Crippen molar-refractivity contribution in [3.8, 4) is 0 Å². The second kappa shape index (κ2) is 12.5. The summed E-state index contributed by atoms with van der Waals surface area (Å²) in [4.78, 5) is 69.5. The molecular weight excluding hydrogens is 500 g/mol. The minimum Gasteiger partial charge on any atom is -0.463 e. The Kier molecular flexibility index (Phi) is 8.96. The Morgan fingerprint density at radius 1 is 0.568 bits per heavy atom. The van der Waals surface area contributed by atoms with Crippen molar-refractivity contribution in [2.24, 2.45) is 0 Å². The molecule has 37 heavy (non-hydrogen) atoms. The zero-order valence-corrected chi connectivity index (χ0v) is 19.1. The lowest BCUT2D eigenvalue weighted by atomic mass is 10.4. The van der Waals surface area contributed by atoms with Gasteiger partial charge in [0, 0.05) is 0 Å². The summed E-state index contributed by atoms with van der Waals surface area (Å²) in [5.74, 6) is -5.69. The van der Waals surface area contributed by atoms with E-state index >= 15 is 0 Å². The van der Waals surface area contributed by atoms with Crippen molar-refractivity contribution in [3.05, 3.63) is 71.0 Å². The van der Waals surface area contributed by atoms with Gasteiger partial charge in [-0.1, -0.05) is 0 Å². The van der Waals surface area contributed by atoms with Crippen LogP contribution in [-0.4, -0.2) is 69.7 Å². The molecule has 0 fully saturated rings. The molecule has 3 aromatic rings. The van der Waals surface area contributed by atoms with E-state index in [1.54, 1.807) is 0 Å². The summed E-state index contributed by atoms with van der Waals surface area (Å²) in [6, 6.07) is 7.35. The Balaban J connectivity index is 1.35. The van der Waals surface area contributed by atoms with Crippen LogP contribution in [0.1, 0.15) is 63.3 Å². The molecular formula is C23H18O14. The molecule has 3 aromatic heterocycles. The quantitative estimate of drug-likeness (QED) is 0.147. The number of esters is 5. The molecule has 194 valence electrons. The predicted octanol–water partition coefficient (Wildman–Crippen LogP) is 2.09. The van der Waals surface area contributed by atoms with Crippen LogP contribution in [0.15, 0.2) is 49.6 Å². The second-order valence-electron chi connectivity index (χ2n) is 6.68. The summed E-state index contributed by atoms with van der Waals surface area (Å²) in [6.45, 7) is -1.31. The first-order chi connectivity index (χ1) is 17.8. The molecule has 0 aromatic carbocycles. The maximum Gasteiger partial charge on any atom is 0.374 e. The van der Waals surface area contributed by atoms with Gasteiger partial charge >= 0.3 is 29.8 Å². The van der Waals surface area contributed by atoms with E-state index in [2.05, 4.69) is 4.74 Å². The lowest BCUT2D eigenvalue weighted by molar-refractivity contribution is 0.0205. The van der Waals surface area contributed by atoms with Gasteiger partial charge in [-0.05, 0) is 36.4 Å². The SMILES string of the molecule is COC(=O)c1ccc(C(=O)OCCOC(=O)c2ccc(C(=O)OCCOC(=O)c3ccc(C=O)o3)o2)o1. The number of aldehydes is 1. The smallest absolute Gasteiger partial charge is 0.374 e. The molecule has 14 nitrogen and oxygen atoms in total. The van der Waals surface area contributed by atoms with Crippen molar-refractivity contribution in [2.75, 3.05) is 33.5 Å². The topological polar surface area (TPSA) is 188 Å². The van der Waals surface area contributed by atoms with Gasteiger partial charge in [-0.3, -0.25) is 4.79 Å². The third-order valence-electron chi connectivity index (χ3n) is 4.25. The van der Waals surface area contributed by atoms with Crippen molar-refractivity contribution >= 4 is 36.1 Å². The minimum absolute atomic E-state index is 0.0454. The van der Waals surface area contributed by atoms with E-state index in [1.807, 2.05) is 0 Å². The summed E-state index contributed by atoms with van der Waals surface area (Å²) in [5, 5.41) is 0. The molecule has 3 rings (SSSR count). The van der Waals surface area contributed by atoms with Crippen molar-refractivity contribution in [3.63, 3.8) is 0 Å². The fourth-order valence-corrected chi connectivity index (χ4v) is 2.56. The first kappa shape index (κ1) is 26.5. The Morgan fingerprint density at radius 2 is 0.892 bits per heavy atom. The Labute approximate surface area is 206 Å². The Bertz CT molecular complexity index is 1290. The van der Waals surface area contributed by atoms with E-state index in [9.17, 15) is 28.8 Å². The fourth-order valence-electron chi connectivity index (χ4n) is 2.56. The summed E-state index contributed by atoms with van der Waals surface area (Å²) in [5.41, 5.74) is 0. The zero-order chi connectivity index (χ0) is 26.8. The van der Waals surface area contributed by atoms with E-state index in [1.165, 1.54) is 36.4 Å². The van der Waals surface area contributed by atoms with E-state index in [4.69, 9.17) is 32.2 Å². The van der Waals surface area contributed by atoms with Gasteiger partial charge in [0.15, 0.2) is 12.0 Å². The van der Waals surface area contributed by atoms with Crippen LogP contribution >= 0.6 is 0 Å². The molecule has 0 amide bonds. The highest BCUT2D eigenvalue weighted by atomic mass is 16.6. The van der Waals surface area contributed by atoms with Crippen LogP contribution in [0.25, 0.3) is 0 Å². The van der Waals surface area contributed by atoms with E-state index in [-0.39, 0.29) is 61.0 Å². The van der Waals surface area contributed by atoms with Crippen molar-refractivity contribution < 1.29 is 65.7 Å². The first-order valence-electron chi connectivity index (χ1n) is 10.3. The fraction of sp³-hybridized carbons (Fsp3) is 0.217. The van der Waals surface area contributed by atoms with Gasteiger partial charge in [0.25, 0.3) is 0 Å². The highest BCUT2D eigenvalue weighted by Gasteiger charge is 2.20. The second-order valence-corrected chi connectivity index (χ2v) is 6.68. The van der Waals surface area contributed by atoms with E-state index < -0.39 is 29.8 Å². The van der Waals surface area contributed by atoms with Gasteiger partial charge in [0.2, 0.25) is 28.8 Å². The molecule has 14 heteroatoms. The number of furan rings is 3. The summed E-state index contributed by atoms with van der Waals surface area (Å²) in [7, 11) is 1.15. The van der Waals surface area contributed by atoms with Crippen LogP contribution in [0.2, 0.25) is 0 Å². The number of rotatable bonds is 12. The third kappa shape index (κ3) is 7.17. The molecule has 0 atom stereocenters. The third-order valence-corrected chi connectivity index (χ3v) is 4.25. The number of carbonyl (C=O) groups is 6. The average Bonchev–Trinajstić information content (AvgIpc) is 3.68. The van der Waals surface area contributed by atoms with Crippen molar-refractivity contribution in [1.29, 1.82) is 0 Å². The average molecular weight is 518 g/mol. The van der Waals surface area contributed by atoms with Gasteiger partial charge in [0.1, 0.15) is 26.4 Å². The zero-order valence-electron chi connectivity index (χ0n) is 19.1. The van der Waals surface area contributed by atoms with Gasteiger partial charge in [-0.25, -0.2) is 24.0 Å². The Morgan fingerprint density at radius 3 is 1.22 bits per heavy atom. The molecule has 0 radical (unpaired) electrons. The van der Waals surface area contributed by atoms with Crippen LogP contribution in [0.5, 0.6) is 0 Å². The largest absolute Gasteiger partial charge is 0.463 e. The standard InChI is InChI=1S/C23H18O14/c1-30-19(25)14-4-5-16(36-14)21(27)32-10-11-34-23(29)18-7-6-17(37-18)22(28)33-9-8-31-20(26)15-3-2-13(12-24)35-15/h2-7,12H,8-11H2,1H3. The van der Waals surface area contributed by atoms with E-state index in [0.29, 0.717) is 6.29 Å². The molecule has 0 aliphatic heterocycles. The molecule has 3 heterocycles. The molecule has 0 saturated heterocycles. The van der Waals surface area contributed by atoms with Crippen LogP contribution in [0.3, 0.4) is 0 Å². The Hall–Kier alpha value is -5.14. The molecule has 0 aliphatic rings. The molecule has 0 bridgehead atoms. The predicted molar refractivity (Wildman–Crippen MR) is 114 cm³/mol.